The molecule has 1 N–H and O–H groups in total. The summed E-state index contributed by atoms with van der Waals surface area (Å²) in [7, 11) is 0. The number of allylic oxidation sites excluding steroid dienone is 3. The van der Waals surface area contributed by atoms with Crippen molar-refractivity contribution < 1.29 is 14.3 Å². The van der Waals surface area contributed by atoms with Crippen LogP contribution < -0.4 is 5.32 Å². The lowest BCUT2D eigenvalue weighted by molar-refractivity contribution is -0.111. The van der Waals surface area contributed by atoms with E-state index in [1.54, 1.807) is 25.1 Å². The Bertz CT molecular complexity index is 529. The fraction of sp³-hybridized carbons (Fsp3) is 0.333. The normalized spacial score (nSPS) is 11.2. The van der Waals surface area contributed by atoms with E-state index in [0.717, 1.165) is 11.3 Å². The zero-order chi connectivity index (χ0) is 15.0. The summed E-state index contributed by atoms with van der Waals surface area (Å²) in [4.78, 5) is 24.6. The Morgan fingerprint density at radius 2 is 2.10 bits per heavy atom. The number of nitrogens with one attached hydrogen (secondary N) is 1. The van der Waals surface area contributed by atoms with E-state index in [-0.39, 0.29) is 5.91 Å². The standard InChI is InChI=1S/C15H19NO3S/c1-4-7-8-9-13(17)16-14-12(15(18)19-6-3)10-11(5-2)20-14/h4,7-10H,5-6H2,1-3H3,(H,16,17)/b7-4+,9-8+. The Balaban J connectivity index is 2.90. The second kappa shape index (κ2) is 8.32. The molecule has 4 nitrogen and oxygen atoms in total. The molecule has 0 fully saturated rings. The summed E-state index contributed by atoms with van der Waals surface area (Å²) < 4.78 is 4.99. The number of thiophene rings is 1. The lowest BCUT2D eigenvalue weighted by Gasteiger charge is -2.03. The molecular weight excluding hydrogens is 274 g/mol. The first-order valence-corrected chi connectivity index (χ1v) is 7.34. The van der Waals surface area contributed by atoms with Gasteiger partial charge in [0.15, 0.2) is 0 Å². The molecule has 1 heterocycles. The SMILES string of the molecule is C/C=C/C=C/C(=O)Nc1sc(CC)cc1C(=O)OCC. The summed E-state index contributed by atoms with van der Waals surface area (Å²) in [6.07, 6.45) is 7.46. The molecule has 1 aromatic heterocycles. The van der Waals surface area contributed by atoms with Crippen LogP contribution in [0.1, 0.15) is 36.0 Å². The average molecular weight is 293 g/mol. The summed E-state index contributed by atoms with van der Waals surface area (Å²) in [5.74, 6) is -0.672. The average Bonchev–Trinajstić information content (AvgIpc) is 2.82. The third kappa shape index (κ3) is 4.66. The molecule has 5 heteroatoms. The largest absolute Gasteiger partial charge is 0.462 e. The molecule has 1 amide bonds. The highest BCUT2D eigenvalue weighted by atomic mass is 32.1. The fourth-order valence-corrected chi connectivity index (χ4v) is 2.46. The van der Waals surface area contributed by atoms with Crippen molar-refractivity contribution in [2.24, 2.45) is 0 Å². The van der Waals surface area contributed by atoms with Gasteiger partial charge in [-0.3, -0.25) is 4.79 Å². The minimum absolute atomic E-state index is 0.266. The molecule has 0 unspecified atom stereocenters. The number of anilines is 1. The first kappa shape index (κ1) is 16.2. The van der Waals surface area contributed by atoms with Crippen LogP contribution in [0.3, 0.4) is 0 Å². The lowest BCUT2D eigenvalue weighted by Crippen LogP contribution is -2.11. The number of carbonyl (C=O) groups excluding carboxylic acids is 2. The van der Waals surface area contributed by atoms with Gasteiger partial charge in [0, 0.05) is 11.0 Å². The molecular formula is C15H19NO3S. The van der Waals surface area contributed by atoms with Crippen LogP contribution in [0.4, 0.5) is 5.00 Å². The van der Waals surface area contributed by atoms with Crippen LogP contribution in [-0.2, 0) is 16.0 Å². The topological polar surface area (TPSA) is 55.4 Å². The Hall–Kier alpha value is -1.88. The highest BCUT2D eigenvalue weighted by Gasteiger charge is 2.17. The van der Waals surface area contributed by atoms with E-state index in [1.807, 2.05) is 19.9 Å². The summed E-state index contributed by atoms with van der Waals surface area (Å²) in [5, 5.41) is 3.26. The number of ether oxygens (including phenoxy) is 1. The van der Waals surface area contributed by atoms with Crippen molar-refractivity contribution in [3.05, 3.63) is 40.8 Å². The number of hydrogen-bond donors (Lipinski definition) is 1. The smallest absolute Gasteiger partial charge is 0.341 e. The lowest BCUT2D eigenvalue weighted by atomic mass is 10.2. The van der Waals surface area contributed by atoms with Crippen molar-refractivity contribution in [1.29, 1.82) is 0 Å². The summed E-state index contributed by atoms with van der Waals surface area (Å²) in [6.45, 7) is 5.93. The third-order valence-corrected chi connectivity index (χ3v) is 3.61. The molecule has 0 aliphatic heterocycles. The van der Waals surface area contributed by atoms with Crippen molar-refractivity contribution in [2.75, 3.05) is 11.9 Å². The third-order valence-electron chi connectivity index (χ3n) is 2.41. The van der Waals surface area contributed by atoms with Crippen molar-refractivity contribution >= 4 is 28.2 Å². The number of amides is 1. The van der Waals surface area contributed by atoms with E-state index in [9.17, 15) is 9.59 Å². The maximum Gasteiger partial charge on any atom is 0.341 e. The number of hydrogen-bond acceptors (Lipinski definition) is 4. The van der Waals surface area contributed by atoms with Crippen LogP contribution >= 0.6 is 11.3 Å². The summed E-state index contributed by atoms with van der Waals surface area (Å²) >= 11 is 1.40. The van der Waals surface area contributed by atoms with Crippen LogP contribution in [0.15, 0.2) is 30.4 Å². The molecule has 0 spiro atoms. The molecule has 108 valence electrons. The Morgan fingerprint density at radius 1 is 1.35 bits per heavy atom. The van der Waals surface area contributed by atoms with Gasteiger partial charge in [-0.05, 0) is 26.3 Å². The summed E-state index contributed by atoms with van der Waals surface area (Å²) in [6, 6.07) is 1.77. The van der Waals surface area contributed by atoms with Crippen LogP contribution in [-0.4, -0.2) is 18.5 Å². The first-order valence-electron chi connectivity index (χ1n) is 6.52. The highest BCUT2D eigenvalue weighted by Crippen LogP contribution is 2.29. The van der Waals surface area contributed by atoms with E-state index in [1.165, 1.54) is 17.4 Å². The maximum atomic E-state index is 11.8. The Kier molecular flexibility index (Phi) is 6.73. The van der Waals surface area contributed by atoms with Crippen LogP contribution in [0.2, 0.25) is 0 Å². The van der Waals surface area contributed by atoms with Crippen LogP contribution in [0.25, 0.3) is 0 Å². The van der Waals surface area contributed by atoms with Gasteiger partial charge < -0.3 is 10.1 Å². The van der Waals surface area contributed by atoms with Crippen molar-refractivity contribution in [1.82, 2.24) is 0 Å². The van der Waals surface area contributed by atoms with Crippen molar-refractivity contribution in [3.8, 4) is 0 Å². The molecule has 0 saturated carbocycles. The van der Waals surface area contributed by atoms with Gasteiger partial charge >= 0.3 is 5.97 Å². The van der Waals surface area contributed by atoms with E-state index in [2.05, 4.69) is 5.32 Å². The molecule has 0 aliphatic carbocycles. The fourth-order valence-electron chi connectivity index (χ4n) is 1.48. The van der Waals surface area contributed by atoms with Gasteiger partial charge in [-0.2, -0.15) is 0 Å². The Labute approximate surface area is 123 Å². The molecule has 0 saturated heterocycles. The Morgan fingerprint density at radius 3 is 2.70 bits per heavy atom. The second-order valence-corrected chi connectivity index (χ2v) is 5.04. The van der Waals surface area contributed by atoms with Gasteiger partial charge in [-0.1, -0.05) is 25.2 Å². The van der Waals surface area contributed by atoms with Gasteiger partial charge in [0.05, 0.1) is 12.2 Å². The molecule has 20 heavy (non-hydrogen) atoms. The van der Waals surface area contributed by atoms with Crippen LogP contribution in [0.5, 0.6) is 0 Å². The maximum absolute atomic E-state index is 11.8. The number of esters is 1. The van der Waals surface area contributed by atoms with E-state index < -0.39 is 5.97 Å². The molecule has 1 rings (SSSR count). The van der Waals surface area contributed by atoms with Gasteiger partial charge in [0.2, 0.25) is 5.91 Å². The zero-order valence-electron chi connectivity index (χ0n) is 11.9. The second-order valence-electron chi connectivity index (χ2n) is 3.90. The summed E-state index contributed by atoms with van der Waals surface area (Å²) in [5.41, 5.74) is 0.418. The molecule has 0 radical (unpaired) electrons. The zero-order valence-corrected chi connectivity index (χ0v) is 12.8. The van der Waals surface area contributed by atoms with Gasteiger partial charge in [0.25, 0.3) is 0 Å². The van der Waals surface area contributed by atoms with E-state index in [0.29, 0.717) is 17.2 Å². The minimum atomic E-state index is -0.406. The molecule has 0 bridgehead atoms. The minimum Gasteiger partial charge on any atom is -0.462 e. The first-order chi connectivity index (χ1) is 9.62. The predicted octanol–water partition coefficient (Wildman–Crippen LogP) is 3.56. The van der Waals surface area contributed by atoms with Gasteiger partial charge in [-0.15, -0.1) is 11.3 Å². The van der Waals surface area contributed by atoms with Crippen molar-refractivity contribution in [3.63, 3.8) is 0 Å². The highest BCUT2D eigenvalue weighted by molar-refractivity contribution is 7.16. The van der Waals surface area contributed by atoms with Gasteiger partial charge in [-0.25, -0.2) is 4.79 Å². The number of carbonyl (C=O) groups is 2. The molecule has 0 atom stereocenters. The molecule has 0 aliphatic rings. The molecule has 1 aromatic rings. The van der Waals surface area contributed by atoms with Crippen molar-refractivity contribution in [2.45, 2.75) is 27.2 Å². The number of aryl methyl sites for hydroxylation is 1. The van der Waals surface area contributed by atoms with E-state index in [4.69, 9.17) is 4.74 Å². The van der Waals surface area contributed by atoms with Gasteiger partial charge in [0.1, 0.15) is 5.00 Å². The van der Waals surface area contributed by atoms with Crippen LogP contribution in [0, 0.1) is 0 Å². The molecule has 0 aromatic carbocycles. The number of rotatable bonds is 6. The predicted molar refractivity (Wildman–Crippen MR) is 82.2 cm³/mol. The monoisotopic (exact) mass is 293 g/mol. The van der Waals surface area contributed by atoms with E-state index >= 15 is 0 Å². The quantitative estimate of drug-likeness (QED) is 0.495.